The van der Waals surface area contributed by atoms with Crippen molar-refractivity contribution in [2.24, 2.45) is 11.3 Å². The third kappa shape index (κ3) is 3.56. The minimum atomic E-state index is -0.0594. The topological polar surface area (TPSA) is 34.9 Å². The Kier molecular flexibility index (Phi) is 4.38. The van der Waals surface area contributed by atoms with E-state index in [0.29, 0.717) is 0 Å². The number of carbonyl (C=O) groups excluding carboxylic acids is 1. The Labute approximate surface area is 120 Å². The standard InChI is InChI=1S/C17H22N2O/c1-17(2,3)15(16(20)19-12-11-18-13-19)10-9-14-7-5-4-6-8-14/h4-8,11-13,15H,9-10H2,1-3H3. The highest BCUT2D eigenvalue weighted by molar-refractivity contribution is 5.81. The molecule has 1 unspecified atom stereocenters. The Morgan fingerprint density at radius 2 is 1.95 bits per heavy atom. The Hall–Kier alpha value is -1.90. The Balaban J connectivity index is 2.11. The van der Waals surface area contributed by atoms with Gasteiger partial charge in [0.1, 0.15) is 6.33 Å². The summed E-state index contributed by atoms with van der Waals surface area (Å²) in [5.74, 6) is 0.114. The van der Waals surface area contributed by atoms with Crippen LogP contribution < -0.4 is 0 Å². The number of benzene rings is 1. The van der Waals surface area contributed by atoms with Gasteiger partial charge in [-0.25, -0.2) is 4.98 Å². The second-order valence-corrected chi connectivity index (χ2v) is 6.25. The monoisotopic (exact) mass is 270 g/mol. The number of aromatic nitrogens is 2. The van der Waals surface area contributed by atoms with E-state index in [-0.39, 0.29) is 17.2 Å². The number of imidazole rings is 1. The van der Waals surface area contributed by atoms with Gasteiger partial charge in [-0.3, -0.25) is 9.36 Å². The first-order chi connectivity index (χ1) is 9.48. The lowest BCUT2D eigenvalue weighted by atomic mass is 9.77. The molecule has 0 saturated heterocycles. The fourth-order valence-corrected chi connectivity index (χ4v) is 2.45. The van der Waals surface area contributed by atoms with Crippen LogP contribution in [0.15, 0.2) is 49.1 Å². The molecule has 0 N–H and O–H groups in total. The van der Waals surface area contributed by atoms with Gasteiger partial charge in [-0.15, -0.1) is 0 Å². The van der Waals surface area contributed by atoms with Crippen LogP contribution >= 0.6 is 0 Å². The summed E-state index contributed by atoms with van der Waals surface area (Å²) in [7, 11) is 0. The van der Waals surface area contributed by atoms with Crippen molar-refractivity contribution in [1.82, 2.24) is 9.55 Å². The molecule has 1 aromatic carbocycles. The van der Waals surface area contributed by atoms with Crippen LogP contribution in [0.4, 0.5) is 0 Å². The Morgan fingerprint density at radius 1 is 1.25 bits per heavy atom. The van der Waals surface area contributed by atoms with Gasteiger partial charge < -0.3 is 0 Å². The van der Waals surface area contributed by atoms with Gasteiger partial charge in [-0.05, 0) is 23.8 Å². The number of rotatable bonds is 4. The molecule has 2 aromatic rings. The highest BCUT2D eigenvalue weighted by atomic mass is 16.2. The molecule has 106 valence electrons. The molecule has 0 spiro atoms. The summed E-state index contributed by atoms with van der Waals surface area (Å²) in [6, 6.07) is 10.3. The maximum atomic E-state index is 12.6. The number of nitrogens with zero attached hydrogens (tertiary/aromatic N) is 2. The fourth-order valence-electron chi connectivity index (χ4n) is 2.45. The molecule has 20 heavy (non-hydrogen) atoms. The first kappa shape index (κ1) is 14.5. The molecule has 1 heterocycles. The van der Waals surface area contributed by atoms with Gasteiger partial charge >= 0.3 is 0 Å². The van der Waals surface area contributed by atoms with Gasteiger partial charge in [0.25, 0.3) is 0 Å². The quantitative estimate of drug-likeness (QED) is 0.846. The van der Waals surface area contributed by atoms with Crippen LogP contribution in [0.3, 0.4) is 0 Å². The molecular formula is C17H22N2O. The molecule has 0 bridgehead atoms. The van der Waals surface area contributed by atoms with E-state index in [1.807, 2.05) is 18.2 Å². The number of aryl methyl sites for hydroxylation is 1. The minimum Gasteiger partial charge on any atom is -0.276 e. The average Bonchev–Trinajstić information content (AvgIpc) is 2.92. The van der Waals surface area contributed by atoms with Gasteiger partial charge in [-0.1, -0.05) is 51.1 Å². The van der Waals surface area contributed by atoms with Crippen molar-refractivity contribution < 1.29 is 4.79 Å². The van der Waals surface area contributed by atoms with Crippen LogP contribution in [-0.2, 0) is 6.42 Å². The van der Waals surface area contributed by atoms with E-state index in [0.717, 1.165) is 12.8 Å². The summed E-state index contributed by atoms with van der Waals surface area (Å²) < 4.78 is 1.60. The van der Waals surface area contributed by atoms with Crippen LogP contribution in [0.25, 0.3) is 0 Å². The smallest absolute Gasteiger partial charge is 0.235 e. The second kappa shape index (κ2) is 6.04. The molecule has 0 fully saturated rings. The number of hydrogen-bond donors (Lipinski definition) is 0. The van der Waals surface area contributed by atoms with E-state index in [2.05, 4.69) is 37.9 Å². The zero-order valence-electron chi connectivity index (χ0n) is 12.4. The van der Waals surface area contributed by atoms with Crippen LogP contribution in [0.1, 0.15) is 37.6 Å². The lowest BCUT2D eigenvalue weighted by molar-refractivity contribution is 0.0711. The Bertz CT molecular complexity index is 538. The lowest BCUT2D eigenvalue weighted by Gasteiger charge is -2.29. The van der Waals surface area contributed by atoms with Crippen LogP contribution in [0, 0.1) is 11.3 Å². The van der Waals surface area contributed by atoms with E-state index >= 15 is 0 Å². The summed E-state index contributed by atoms with van der Waals surface area (Å²) in [6.07, 6.45) is 6.73. The Morgan fingerprint density at radius 3 is 2.50 bits per heavy atom. The van der Waals surface area contributed by atoms with Crippen LogP contribution in [0.5, 0.6) is 0 Å². The van der Waals surface area contributed by atoms with Crippen molar-refractivity contribution in [3.8, 4) is 0 Å². The SMILES string of the molecule is CC(C)(C)C(CCc1ccccc1)C(=O)n1ccnc1. The normalized spacial score (nSPS) is 13.2. The summed E-state index contributed by atoms with van der Waals surface area (Å²) in [4.78, 5) is 16.6. The largest absolute Gasteiger partial charge is 0.276 e. The molecule has 0 radical (unpaired) electrons. The number of carbonyl (C=O) groups is 1. The van der Waals surface area contributed by atoms with Crippen molar-refractivity contribution in [2.75, 3.05) is 0 Å². The minimum absolute atomic E-state index is 0.0168. The summed E-state index contributed by atoms with van der Waals surface area (Å²) >= 11 is 0. The summed E-state index contributed by atoms with van der Waals surface area (Å²) in [5, 5.41) is 0. The van der Waals surface area contributed by atoms with Gasteiger partial charge in [0, 0.05) is 18.3 Å². The molecule has 0 aliphatic carbocycles. The molecule has 3 heteroatoms. The zero-order valence-corrected chi connectivity index (χ0v) is 12.4. The third-order valence-corrected chi connectivity index (χ3v) is 3.67. The van der Waals surface area contributed by atoms with Crippen LogP contribution in [0.2, 0.25) is 0 Å². The van der Waals surface area contributed by atoms with E-state index < -0.39 is 0 Å². The van der Waals surface area contributed by atoms with Gasteiger partial charge in [0.15, 0.2) is 0 Å². The van der Waals surface area contributed by atoms with Crippen LogP contribution in [-0.4, -0.2) is 15.5 Å². The van der Waals surface area contributed by atoms with Gasteiger partial charge in [-0.2, -0.15) is 0 Å². The average molecular weight is 270 g/mol. The molecule has 2 rings (SSSR count). The molecule has 0 saturated carbocycles. The van der Waals surface area contributed by atoms with Gasteiger partial charge in [0.2, 0.25) is 5.91 Å². The number of hydrogen-bond acceptors (Lipinski definition) is 2. The predicted molar refractivity (Wildman–Crippen MR) is 80.6 cm³/mol. The molecule has 3 nitrogen and oxygen atoms in total. The van der Waals surface area contributed by atoms with Crippen molar-refractivity contribution in [1.29, 1.82) is 0 Å². The summed E-state index contributed by atoms with van der Waals surface area (Å²) in [5.41, 5.74) is 1.22. The van der Waals surface area contributed by atoms with Crippen molar-refractivity contribution in [2.45, 2.75) is 33.6 Å². The second-order valence-electron chi connectivity index (χ2n) is 6.25. The lowest BCUT2D eigenvalue weighted by Crippen LogP contribution is -2.32. The van der Waals surface area contributed by atoms with Crippen molar-refractivity contribution in [3.05, 3.63) is 54.6 Å². The first-order valence-corrected chi connectivity index (χ1v) is 7.04. The molecule has 0 aliphatic rings. The molecule has 1 aromatic heterocycles. The molecule has 1 atom stereocenters. The highest BCUT2D eigenvalue weighted by Gasteiger charge is 2.31. The molecule has 0 amide bonds. The van der Waals surface area contributed by atoms with E-state index in [4.69, 9.17) is 0 Å². The van der Waals surface area contributed by atoms with E-state index in [1.165, 1.54) is 5.56 Å². The van der Waals surface area contributed by atoms with E-state index in [1.54, 1.807) is 23.3 Å². The maximum Gasteiger partial charge on any atom is 0.235 e. The maximum absolute atomic E-state index is 12.6. The highest BCUT2D eigenvalue weighted by Crippen LogP contribution is 2.31. The fraction of sp³-hybridized carbons (Fsp3) is 0.412. The zero-order chi connectivity index (χ0) is 14.6. The van der Waals surface area contributed by atoms with Crippen molar-refractivity contribution >= 4 is 5.91 Å². The summed E-state index contributed by atoms with van der Waals surface area (Å²) in [6.45, 7) is 6.37. The predicted octanol–water partition coefficient (Wildman–Crippen LogP) is 3.82. The first-order valence-electron chi connectivity index (χ1n) is 7.04. The molecular weight excluding hydrogens is 248 g/mol. The third-order valence-electron chi connectivity index (χ3n) is 3.67. The van der Waals surface area contributed by atoms with Crippen molar-refractivity contribution in [3.63, 3.8) is 0 Å². The van der Waals surface area contributed by atoms with E-state index in [9.17, 15) is 4.79 Å². The molecule has 0 aliphatic heterocycles. The van der Waals surface area contributed by atoms with Gasteiger partial charge in [0.05, 0.1) is 0 Å².